The number of aromatic nitrogens is 1. The molecule has 2 atom stereocenters. The lowest BCUT2D eigenvalue weighted by Crippen LogP contribution is -2.22. The minimum Gasteiger partial charge on any atom is -0.384 e. The van der Waals surface area contributed by atoms with Crippen molar-refractivity contribution in [2.45, 2.75) is 19.4 Å². The molecule has 0 aliphatic carbocycles. The third-order valence-corrected chi connectivity index (χ3v) is 3.31. The molecule has 2 rings (SSSR count). The second-order valence-electron chi connectivity index (χ2n) is 4.79. The Morgan fingerprint density at radius 2 is 2.41 bits per heavy atom. The van der Waals surface area contributed by atoms with Gasteiger partial charge >= 0.3 is 0 Å². The van der Waals surface area contributed by atoms with Crippen LogP contribution in [0.5, 0.6) is 0 Å². The molecule has 0 bridgehead atoms. The summed E-state index contributed by atoms with van der Waals surface area (Å²) >= 11 is 0. The molecule has 4 heteroatoms. The molecule has 0 amide bonds. The second-order valence-corrected chi connectivity index (χ2v) is 4.79. The zero-order valence-electron chi connectivity index (χ0n) is 10.6. The van der Waals surface area contributed by atoms with Crippen molar-refractivity contribution in [1.29, 1.82) is 0 Å². The molecule has 94 valence electrons. The van der Waals surface area contributed by atoms with Gasteiger partial charge in [-0.15, -0.1) is 0 Å². The molecule has 2 heterocycles. The summed E-state index contributed by atoms with van der Waals surface area (Å²) in [5.41, 5.74) is 6.89. The van der Waals surface area contributed by atoms with E-state index in [4.69, 9.17) is 10.5 Å². The standard InChI is InChI=1S/C13H21N3O/c1-10(14)12-3-4-13(15-7-12)16-6-5-11(8-16)9-17-2/h3-4,7,10-11H,5-6,8-9,14H2,1-2H3. The van der Waals surface area contributed by atoms with Crippen molar-refractivity contribution >= 4 is 5.82 Å². The van der Waals surface area contributed by atoms with Crippen LogP contribution in [-0.4, -0.2) is 31.8 Å². The molecule has 1 aromatic heterocycles. The lowest BCUT2D eigenvalue weighted by molar-refractivity contribution is 0.161. The number of anilines is 1. The Labute approximate surface area is 103 Å². The predicted molar refractivity (Wildman–Crippen MR) is 69.0 cm³/mol. The van der Waals surface area contributed by atoms with Crippen molar-refractivity contribution in [1.82, 2.24) is 4.98 Å². The van der Waals surface area contributed by atoms with Crippen LogP contribution in [0.2, 0.25) is 0 Å². The Morgan fingerprint density at radius 1 is 1.59 bits per heavy atom. The maximum atomic E-state index is 5.81. The quantitative estimate of drug-likeness (QED) is 0.860. The van der Waals surface area contributed by atoms with Crippen LogP contribution in [0.1, 0.15) is 24.9 Å². The van der Waals surface area contributed by atoms with Gasteiger partial charge in [-0.2, -0.15) is 0 Å². The molecule has 1 aliphatic heterocycles. The second kappa shape index (κ2) is 5.47. The highest BCUT2D eigenvalue weighted by molar-refractivity contribution is 5.40. The van der Waals surface area contributed by atoms with Crippen LogP contribution in [0.3, 0.4) is 0 Å². The minimum absolute atomic E-state index is 0.0522. The van der Waals surface area contributed by atoms with Crippen LogP contribution >= 0.6 is 0 Å². The number of rotatable bonds is 4. The summed E-state index contributed by atoms with van der Waals surface area (Å²) < 4.78 is 5.20. The summed E-state index contributed by atoms with van der Waals surface area (Å²) in [5, 5.41) is 0. The molecule has 0 saturated carbocycles. The number of nitrogens with two attached hydrogens (primary N) is 1. The summed E-state index contributed by atoms with van der Waals surface area (Å²) in [6.45, 7) is 4.92. The molecule has 4 nitrogen and oxygen atoms in total. The summed E-state index contributed by atoms with van der Waals surface area (Å²) in [6, 6.07) is 4.18. The minimum atomic E-state index is 0.0522. The van der Waals surface area contributed by atoms with Gasteiger partial charge in [-0.05, 0) is 25.0 Å². The van der Waals surface area contributed by atoms with Crippen molar-refractivity contribution in [3.8, 4) is 0 Å². The number of hydrogen-bond acceptors (Lipinski definition) is 4. The maximum absolute atomic E-state index is 5.81. The van der Waals surface area contributed by atoms with Crippen molar-refractivity contribution in [2.24, 2.45) is 11.7 Å². The van der Waals surface area contributed by atoms with E-state index in [0.717, 1.165) is 31.1 Å². The first-order valence-corrected chi connectivity index (χ1v) is 6.16. The van der Waals surface area contributed by atoms with E-state index in [1.165, 1.54) is 6.42 Å². The molecule has 0 aromatic carbocycles. The molecule has 0 spiro atoms. The summed E-state index contributed by atoms with van der Waals surface area (Å²) in [7, 11) is 1.76. The first-order chi connectivity index (χ1) is 8.20. The highest BCUT2D eigenvalue weighted by atomic mass is 16.5. The number of ether oxygens (including phenoxy) is 1. The molecular weight excluding hydrogens is 214 g/mol. The average molecular weight is 235 g/mol. The van der Waals surface area contributed by atoms with Gasteiger partial charge in [0.2, 0.25) is 0 Å². The topological polar surface area (TPSA) is 51.4 Å². The Balaban J connectivity index is 1.99. The molecule has 1 aromatic rings. The Bertz CT molecular complexity index is 350. The fourth-order valence-electron chi connectivity index (χ4n) is 2.27. The number of pyridine rings is 1. The fraction of sp³-hybridized carbons (Fsp3) is 0.615. The Morgan fingerprint density at radius 3 is 3.00 bits per heavy atom. The van der Waals surface area contributed by atoms with Crippen LogP contribution < -0.4 is 10.6 Å². The van der Waals surface area contributed by atoms with E-state index in [-0.39, 0.29) is 6.04 Å². The predicted octanol–water partition coefficient (Wildman–Crippen LogP) is 1.57. The maximum Gasteiger partial charge on any atom is 0.128 e. The van der Waals surface area contributed by atoms with Crippen LogP contribution in [0.4, 0.5) is 5.82 Å². The van der Waals surface area contributed by atoms with Gasteiger partial charge in [0.1, 0.15) is 5.82 Å². The number of hydrogen-bond donors (Lipinski definition) is 1. The first-order valence-electron chi connectivity index (χ1n) is 6.16. The van der Waals surface area contributed by atoms with E-state index in [2.05, 4.69) is 22.0 Å². The van der Waals surface area contributed by atoms with E-state index in [1.807, 2.05) is 13.1 Å². The van der Waals surface area contributed by atoms with Gasteiger partial charge in [-0.3, -0.25) is 0 Å². The molecule has 1 aliphatic rings. The van der Waals surface area contributed by atoms with Crippen molar-refractivity contribution < 1.29 is 4.74 Å². The van der Waals surface area contributed by atoms with Crippen molar-refractivity contribution in [3.05, 3.63) is 23.9 Å². The zero-order valence-corrected chi connectivity index (χ0v) is 10.6. The molecular formula is C13H21N3O. The van der Waals surface area contributed by atoms with Gasteiger partial charge in [0, 0.05) is 38.4 Å². The van der Waals surface area contributed by atoms with E-state index in [1.54, 1.807) is 7.11 Å². The fourth-order valence-corrected chi connectivity index (χ4v) is 2.27. The average Bonchev–Trinajstić information content (AvgIpc) is 2.78. The summed E-state index contributed by atoms with van der Waals surface area (Å²) in [6.07, 6.45) is 3.06. The van der Waals surface area contributed by atoms with Gasteiger partial charge in [0.15, 0.2) is 0 Å². The first kappa shape index (κ1) is 12.3. The van der Waals surface area contributed by atoms with E-state index in [9.17, 15) is 0 Å². The van der Waals surface area contributed by atoms with Gasteiger partial charge in [-0.25, -0.2) is 4.98 Å². The normalized spacial score (nSPS) is 21.8. The molecule has 2 N–H and O–H groups in total. The molecule has 1 fully saturated rings. The molecule has 1 saturated heterocycles. The third-order valence-electron chi connectivity index (χ3n) is 3.31. The van der Waals surface area contributed by atoms with Crippen LogP contribution in [0, 0.1) is 5.92 Å². The molecule has 2 unspecified atom stereocenters. The van der Waals surface area contributed by atoms with E-state index < -0.39 is 0 Å². The molecule has 0 radical (unpaired) electrons. The smallest absolute Gasteiger partial charge is 0.128 e. The highest BCUT2D eigenvalue weighted by Gasteiger charge is 2.23. The summed E-state index contributed by atoms with van der Waals surface area (Å²) in [5.74, 6) is 1.68. The lowest BCUT2D eigenvalue weighted by Gasteiger charge is -2.18. The van der Waals surface area contributed by atoms with Crippen LogP contribution in [0.25, 0.3) is 0 Å². The number of methoxy groups -OCH3 is 1. The van der Waals surface area contributed by atoms with E-state index >= 15 is 0 Å². The highest BCUT2D eigenvalue weighted by Crippen LogP contribution is 2.22. The van der Waals surface area contributed by atoms with Gasteiger partial charge in [0.25, 0.3) is 0 Å². The Hall–Kier alpha value is -1.13. The van der Waals surface area contributed by atoms with Crippen LogP contribution in [0.15, 0.2) is 18.3 Å². The van der Waals surface area contributed by atoms with Gasteiger partial charge in [-0.1, -0.05) is 6.07 Å². The zero-order chi connectivity index (χ0) is 12.3. The number of nitrogens with zero attached hydrogens (tertiary/aromatic N) is 2. The summed E-state index contributed by atoms with van der Waals surface area (Å²) in [4.78, 5) is 6.80. The Kier molecular flexibility index (Phi) is 3.97. The van der Waals surface area contributed by atoms with Crippen molar-refractivity contribution in [3.63, 3.8) is 0 Å². The van der Waals surface area contributed by atoms with E-state index in [0.29, 0.717) is 5.92 Å². The largest absolute Gasteiger partial charge is 0.384 e. The SMILES string of the molecule is COCC1CCN(c2ccc(C(C)N)cn2)C1. The van der Waals surface area contributed by atoms with Crippen molar-refractivity contribution in [2.75, 3.05) is 31.7 Å². The molecule has 17 heavy (non-hydrogen) atoms. The third kappa shape index (κ3) is 2.96. The van der Waals surface area contributed by atoms with Gasteiger partial charge in [0.05, 0.1) is 6.61 Å². The monoisotopic (exact) mass is 235 g/mol. The van der Waals surface area contributed by atoms with Crippen LogP contribution in [-0.2, 0) is 4.74 Å². The van der Waals surface area contributed by atoms with Gasteiger partial charge < -0.3 is 15.4 Å². The lowest BCUT2D eigenvalue weighted by atomic mass is 10.1.